The number of nitrogens with zero attached hydrogens (tertiary/aromatic N) is 2. The molecule has 0 saturated heterocycles. The van der Waals surface area contributed by atoms with Gasteiger partial charge in [-0.25, -0.2) is 4.98 Å². The minimum Gasteiger partial charge on any atom is -0.464 e. The van der Waals surface area contributed by atoms with Crippen LogP contribution in [0.15, 0.2) is 95.6 Å². The maximum absolute atomic E-state index is 14.4. The Kier molecular flexibility index (Phi) is 8.41. The van der Waals surface area contributed by atoms with Crippen molar-refractivity contribution >= 4 is 34.1 Å². The second-order valence-corrected chi connectivity index (χ2v) is 11.5. The predicted molar refractivity (Wildman–Crippen MR) is 160 cm³/mol. The number of nitrogens with one attached hydrogen (secondary N) is 1. The number of carbonyl (C=O) groups excluding carboxylic acids is 2. The lowest BCUT2D eigenvalue weighted by Crippen LogP contribution is -2.47. The molecule has 0 aliphatic carbocycles. The Hall–Kier alpha value is -4.23. The van der Waals surface area contributed by atoms with Gasteiger partial charge >= 0.3 is 0 Å². The van der Waals surface area contributed by atoms with Gasteiger partial charge in [0.25, 0.3) is 11.8 Å². The van der Waals surface area contributed by atoms with Gasteiger partial charge in [-0.15, -0.1) is 11.3 Å². The maximum atomic E-state index is 14.4. The Bertz CT molecular complexity index is 1590. The van der Waals surface area contributed by atoms with Crippen LogP contribution in [0, 0.1) is 12.8 Å². The molecule has 1 N–H and O–H groups in total. The summed E-state index contributed by atoms with van der Waals surface area (Å²) >= 11 is 1.53. The quantitative estimate of drug-likeness (QED) is 0.197. The molecule has 40 heavy (non-hydrogen) atoms. The van der Waals surface area contributed by atoms with Crippen molar-refractivity contribution < 1.29 is 14.0 Å². The highest BCUT2D eigenvalue weighted by atomic mass is 32.1. The molecule has 0 spiro atoms. The predicted octanol–water partition coefficient (Wildman–Crippen LogP) is 7.35. The molecule has 0 unspecified atom stereocenters. The molecule has 5 rings (SSSR count). The SMILES string of the molecule is Cc1nc(C(=O)N(Cc2ccccc2)[C@H](CNC(=O)c2cccc3occc23)CC(C)C)c(-c2ccccc2)s1. The number of fused-ring (bicyclic) bond motifs is 1. The lowest BCUT2D eigenvalue weighted by atomic mass is 10.00. The summed E-state index contributed by atoms with van der Waals surface area (Å²) in [6, 6.07) is 26.9. The van der Waals surface area contributed by atoms with E-state index in [0.717, 1.165) is 32.8 Å². The van der Waals surface area contributed by atoms with Gasteiger partial charge in [-0.05, 0) is 48.6 Å². The fraction of sp³-hybridized carbons (Fsp3) is 0.242. The number of hydrogen-bond donors (Lipinski definition) is 1. The van der Waals surface area contributed by atoms with Gasteiger partial charge in [0.1, 0.15) is 11.3 Å². The van der Waals surface area contributed by atoms with Crippen molar-refractivity contribution in [2.75, 3.05) is 6.54 Å². The van der Waals surface area contributed by atoms with Crippen LogP contribution in [0.2, 0.25) is 0 Å². The number of carbonyl (C=O) groups is 2. The first-order chi connectivity index (χ1) is 19.4. The fourth-order valence-electron chi connectivity index (χ4n) is 5.00. The number of amides is 2. The fourth-order valence-corrected chi connectivity index (χ4v) is 5.92. The lowest BCUT2D eigenvalue weighted by Gasteiger charge is -2.33. The van der Waals surface area contributed by atoms with Gasteiger partial charge in [0.15, 0.2) is 0 Å². The summed E-state index contributed by atoms with van der Waals surface area (Å²) in [6.07, 6.45) is 2.31. The normalized spacial score (nSPS) is 12.0. The molecule has 0 radical (unpaired) electrons. The van der Waals surface area contributed by atoms with Crippen LogP contribution in [0.1, 0.15) is 51.7 Å². The smallest absolute Gasteiger partial charge is 0.274 e. The molecule has 7 heteroatoms. The van der Waals surface area contributed by atoms with E-state index in [9.17, 15) is 9.59 Å². The zero-order valence-corrected chi connectivity index (χ0v) is 23.8. The molecule has 204 valence electrons. The summed E-state index contributed by atoms with van der Waals surface area (Å²) in [5.74, 6) is -0.0257. The van der Waals surface area contributed by atoms with Crippen molar-refractivity contribution in [1.29, 1.82) is 0 Å². The van der Waals surface area contributed by atoms with Crippen molar-refractivity contribution in [3.8, 4) is 10.4 Å². The molecule has 3 aromatic carbocycles. The number of furan rings is 1. The van der Waals surface area contributed by atoms with Crippen LogP contribution >= 0.6 is 11.3 Å². The van der Waals surface area contributed by atoms with Crippen LogP contribution in [-0.2, 0) is 6.54 Å². The molecule has 6 nitrogen and oxygen atoms in total. The van der Waals surface area contributed by atoms with Crippen molar-refractivity contribution in [3.05, 3.63) is 113 Å². The standard InChI is InChI=1S/C33H33N3O3S/c1-22(2)19-26(20-34-32(37)28-15-10-16-29-27(28)17-18-39-29)36(21-24-11-6-4-7-12-24)33(38)30-31(40-23(3)35-30)25-13-8-5-9-14-25/h4-18,22,26H,19-21H2,1-3H3,(H,34,37)/t26-/m0/s1. The summed E-state index contributed by atoms with van der Waals surface area (Å²) in [5.41, 5.74) is 3.66. The first-order valence-corrected chi connectivity index (χ1v) is 14.3. The molecule has 2 amide bonds. The Morgan fingerprint density at radius 2 is 1.68 bits per heavy atom. The van der Waals surface area contributed by atoms with Gasteiger partial charge in [-0.1, -0.05) is 80.6 Å². The largest absolute Gasteiger partial charge is 0.464 e. The number of benzene rings is 3. The van der Waals surface area contributed by atoms with E-state index in [2.05, 4.69) is 19.2 Å². The Morgan fingerprint density at radius 3 is 2.40 bits per heavy atom. The molecule has 0 fully saturated rings. The molecular weight excluding hydrogens is 518 g/mol. The maximum Gasteiger partial charge on any atom is 0.274 e. The van der Waals surface area contributed by atoms with Crippen LogP contribution in [0.5, 0.6) is 0 Å². The molecule has 0 bridgehead atoms. The van der Waals surface area contributed by atoms with Gasteiger partial charge in [-0.3, -0.25) is 9.59 Å². The lowest BCUT2D eigenvalue weighted by molar-refractivity contribution is 0.0620. The Morgan fingerprint density at radius 1 is 0.950 bits per heavy atom. The van der Waals surface area contributed by atoms with Crippen molar-refractivity contribution in [2.45, 2.75) is 39.8 Å². The number of aryl methyl sites for hydroxylation is 1. The van der Waals surface area contributed by atoms with E-state index < -0.39 is 0 Å². The molecule has 1 atom stereocenters. The number of thiazole rings is 1. The summed E-state index contributed by atoms with van der Waals surface area (Å²) in [5, 5.41) is 4.72. The monoisotopic (exact) mass is 551 g/mol. The second kappa shape index (κ2) is 12.3. The molecular formula is C33H33N3O3S. The summed E-state index contributed by atoms with van der Waals surface area (Å²) in [6.45, 7) is 6.92. The van der Waals surface area contributed by atoms with Gasteiger partial charge < -0.3 is 14.6 Å². The molecule has 2 heterocycles. The summed E-state index contributed by atoms with van der Waals surface area (Å²) in [4.78, 5) is 35.2. The van der Waals surface area contributed by atoms with E-state index in [1.165, 1.54) is 11.3 Å². The van der Waals surface area contributed by atoms with E-state index in [1.807, 2.05) is 84.6 Å². The first-order valence-electron chi connectivity index (χ1n) is 13.5. The zero-order chi connectivity index (χ0) is 28.1. The van der Waals surface area contributed by atoms with Crippen molar-refractivity contribution in [1.82, 2.24) is 15.2 Å². The van der Waals surface area contributed by atoms with E-state index in [1.54, 1.807) is 18.4 Å². The number of hydrogen-bond acceptors (Lipinski definition) is 5. The van der Waals surface area contributed by atoms with Crippen LogP contribution in [0.25, 0.3) is 21.4 Å². The second-order valence-electron chi connectivity index (χ2n) is 10.3. The van der Waals surface area contributed by atoms with Gasteiger partial charge in [0.05, 0.1) is 27.8 Å². The van der Waals surface area contributed by atoms with Crippen molar-refractivity contribution in [2.24, 2.45) is 5.92 Å². The van der Waals surface area contributed by atoms with Crippen LogP contribution < -0.4 is 5.32 Å². The van der Waals surface area contributed by atoms with Gasteiger partial charge in [0, 0.05) is 18.5 Å². The molecule has 0 aliphatic heterocycles. The minimum absolute atomic E-state index is 0.135. The van der Waals surface area contributed by atoms with E-state index >= 15 is 0 Å². The van der Waals surface area contributed by atoms with Crippen molar-refractivity contribution in [3.63, 3.8) is 0 Å². The van der Waals surface area contributed by atoms with Gasteiger partial charge in [-0.2, -0.15) is 0 Å². The van der Waals surface area contributed by atoms with E-state index in [0.29, 0.717) is 35.8 Å². The zero-order valence-electron chi connectivity index (χ0n) is 23.0. The van der Waals surface area contributed by atoms with Gasteiger partial charge in [0.2, 0.25) is 0 Å². The third-order valence-electron chi connectivity index (χ3n) is 6.85. The first kappa shape index (κ1) is 27.3. The Labute approximate surface area is 238 Å². The highest BCUT2D eigenvalue weighted by molar-refractivity contribution is 7.15. The summed E-state index contributed by atoms with van der Waals surface area (Å²) in [7, 11) is 0. The number of aromatic nitrogens is 1. The molecule has 0 aliphatic rings. The van der Waals surface area contributed by atoms with Crippen LogP contribution in [0.3, 0.4) is 0 Å². The van der Waals surface area contributed by atoms with Crippen LogP contribution in [0.4, 0.5) is 0 Å². The van der Waals surface area contributed by atoms with E-state index in [4.69, 9.17) is 9.40 Å². The molecule has 0 saturated carbocycles. The third kappa shape index (κ3) is 6.15. The number of rotatable bonds is 10. The topological polar surface area (TPSA) is 75.4 Å². The summed E-state index contributed by atoms with van der Waals surface area (Å²) < 4.78 is 5.48. The average Bonchev–Trinajstić information content (AvgIpc) is 3.61. The van der Waals surface area contributed by atoms with E-state index in [-0.39, 0.29) is 17.9 Å². The van der Waals surface area contributed by atoms with Crippen LogP contribution in [-0.4, -0.2) is 34.3 Å². The third-order valence-corrected chi connectivity index (χ3v) is 7.87. The average molecular weight is 552 g/mol. The Balaban J connectivity index is 1.48. The molecule has 5 aromatic rings. The molecule has 2 aromatic heterocycles. The minimum atomic E-state index is -0.245. The highest BCUT2D eigenvalue weighted by Gasteiger charge is 2.30. The highest BCUT2D eigenvalue weighted by Crippen LogP contribution is 2.32.